The number of rotatable bonds is 9. The van der Waals surface area contributed by atoms with Gasteiger partial charge >= 0.3 is 0 Å². The third-order valence-electron chi connectivity index (χ3n) is 5.88. The standard InChI is InChI=1S/C27H27FN4O4/c1-34-24-10-7-19(13-25(24)35-2)26-21(17-32(31-26)16-18-5-8-22(28)9-6-18)12-20(14-29)27(33)30-15-23-4-3-11-36-23/h5-10,12-13,17,23H,3-4,11,15-16H2,1-2H3,(H,30,33)/b20-12-/t23-/m0/s1. The van der Waals surface area contributed by atoms with Crippen LogP contribution in [-0.4, -0.2) is 49.2 Å². The van der Waals surface area contributed by atoms with Crippen molar-refractivity contribution in [1.29, 1.82) is 5.26 Å². The number of hydrogen-bond donors (Lipinski definition) is 1. The Hall–Kier alpha value is -4.16. The van der Waals surface area contributed by atoms with Crippen molar-refractivity contribution in [2.24, 2.45) is 0 Å². The van der Waals surface area contributed by atoms with Gasteiger partial charge in [0.25, 0.3) is 5.91 Å². The quantitative estimate of drug-likeness (QED) is 0.360. The molecule has 9 heteroatoms. The van der Waals surface area contributed by atoms with Crippen LogP contribution in [0.4, 0.5) is 4.39 Å². The van der Waals surface area contributed by atoms with E-state index in [0.717, 1.165) is 18.4 Å². The van der Waals surface area contributed by atoms with Gasteiger partial charge in [0.15, 0.2) is 11.5 Å². The van der Waals surface area contributed by atoms with Gasteiger partial charge in [-0.25, -0.2) is 4.39 Å². The van der Waals surface area contributed by atoms with E-state index in [1.165, 1.54) is 18.2 Å². The maximum atomic E-state index is 13.3. The molecule has 1 aromatic heterocycles. The van der Waals surface area contributed by atoms with Crippen LogP contribution in [0.25, 0.3) is 17.3 Å². The first-order valence-electron chi connectivity index (χ1n) is 11.6. The van der Waals surface area contributed by atoms with Gasteiger partial charge < -0.3 is 19.5 Å². The molecule has 2 aromatic carbocycles. The van der Waals surface area contributed by atoms with Crippen LogP contribution in [0.15, 0.2) is 54.2 Å². The first-order valence-corrected chi connectivity index (χ1v) is 11.6. The van der Waals surface area contributed by atoms with E-state index in [1.807, 2.05) is 12.1 Å². The molecule has 1 saturated heterocycles. The highest BCUT2D eigenvalue weighted by atomic mass is 19.1. The number of nitrogens with zero attached hydrogens (tertiary/aromatic N) is 3. The molecular formula is C27H27FN4O4. The highest BCUT2D eigenvalue weighted by Gasteiger charge is 2.19. The minimum absolute atomic E-state index is 0.0327. The zero-order valence-electron chi connectivity index (χ0n) is 20.2. The largest absolute Gasteiger partial charge is 0.493 e. The highest BCUT2D eigenvalue weighted by molar-refractivity contribution is 6.02. The van der Waals surface area contributed by atoms with Gasteiger partial charge in [0.05, 0.1) is 32.6 Å². The molecule has 1 atom stereocenters. The van der Waals surface area contributed by atoms with Crippen LogP contribution >= 0.6 is 0 Å². The molecule has 1 aliphatic rings. The lowest BCUT2D eigenvalue weighted by Crippen LogP contribution is -2.32. The second kappa shape index (κ2) is 11.5. The number of carbonyl (C=O) groups is 1. The van der Waals surface area contributed by atoms with Gasteiger partial charge in [0.2, 0.25) is 0 Å². The normalized spacial score (nSPS) is 15.4. The minimum Gasteiger partial charge on any atom is -0.493 e. The summed E-state index contributed by atoms with van der Waals surface area (Å²) in [5, 5.41) is 17.2. The summed E-state index contributed by atoms with van der Waals surface area (Å²) in [6.07, 6.45) is 5.08. The summed E-state index contributed by atoms with van der Waals surface area (Å²) in [4.78, 5) is 12.7. The molecule has 0 radical (unpaired) electrons. The van der Waals surface area contributed by atoms with Crippen LogP contribution < -0.4 is 14.8 Å². The molecule has 4 rings (SSSR count). The first-order chi connectivity index (χ1) is 17.5. The average Bonchev–Trinajstić information content (AvgIpc) is 3.56. The van der Waals surface area contributed by atoms with E-state index < -0.39 is 5.91 Å². The van der Waals surface area contributed by atoms with Crippen molar-refractivity contribution in [2.75, 3.05) is 27.4 Å². The van der Waals surface area contributed by atoms with Gasteiger partial charge in [-0.05, 0) is 54.8 Å². The summed E-state index contributed by atoms with van der Waals surface area (Å²) in [5.74, 6) is 0.294. The van der Waals surface area contributed by atoms with Crippen molar-refractivity contribution in [2.45, 2.75) is 25.5 Å². The Morgan fingerprint density at radius 3 is 2.69 bits per heavy atom. The molecule has 0 spiro atoms. The van der Waals surface area contributed by atoms with Crippen molar-refractivity contribution in [3.8, 4) is 28.8 Å². The van der Waals surface area contributed by atoms with Crippen LogP contribution in [0.1, 0.15) is 24.0 Å². The first kappa shape index (κ1) is 24.9. The Bertz CT molecular complexity index is 1290. The Morgan fingerprint density at radius 1 is 1.25 bits per heavy atom. The van der Waals surface area contributed by atoms with Crippen molar-refractivity contribution in [3.63, 3.8) is 0 Å². The zero-order chi connectivity index (χ0) is 25.5. The molecule has 3 aromatic rings. The number of nitrogens with one attached hydrogen (secondary N) is 1. The molecular weight excluding hydrogens is 463 g/mol. The van der Waals surface area contributed by atoms with Crippen molar-refractivity contribution < 1.29 is 23.4 Å². The lowest BCUT2D eigenvalue weighted by Gasteiger charge is -2.10. The molecule has 0 unspecified atom stereocenters. The molecule has 1 N–H and O–H groups in total. The van der Waals surface area contributed by atoms with E-state index in [1.54, 1.807) is 49.4 Å². The lowest BCUT2D eigenvalue weighted by molar-refractivity contribution is -0.117. The van der Waals surface area contributed by atoms with Crippen LogP contribution in [0.3, 0.4) is 0 Å². The zero-order valence-corrected chi connectivity index (χ0v) is 20.2. The Morgan fingerprint density at radius 2 is 2.03 bits per heavy atom. The van der Waals surface area contributed by atoms with Crippen LogP contribution in [0.2, 0.25) is 0 Å². The Kier molecular flexibility index (Phi) is 7.98. The van der Waals surface area contributed by atoms with Gasteiger partial charge in [-0.1, -0.05) is 12.1 Å². The van der Waals surface area contributed by atoms with Gasteiger partial charge in [-0.3, -0.25) is 9.48 Å². The van der Waals surface area contributed by atoms with E-state index in [4.69, 9.17) is 19.3 Å². The van der Waals surface area contributed by atoms with Crippen molar-refractivity contribution in [1.82, 2.24) is 15.1 Å². The lowest BCUT2D eigenvalue weighted by atomic mass is 10.0. The fourth-order valence-electron chi connectivity index (χ4n) is 4.02. The number of aromatic nitrogens is 2. The average molecular weight is 491 g/mol. The van der Waals surface area contributed by atoms with E-state index in [2.05, 4.69) is 5.32 Å². The molecule has 2 heterocycles. The van der Waals surface area contributed by atoms with E-state index in [-0.39, 0.29) is 17.5 Å². The number of nitriles is 1. The van der Waals surface area contributed by atoms with Crippen LogP contribution in [-0.2, 0) is 16.1 Å². The maximum Gasteiger partial charge on any atom is 0.262 e. The molecule has 0 saturated carbocycles. The predicted octanol–water partition coefficient (Wildman–Crippen LogP) is 3.96. The summed E-state index contributed by atoms with van der Waals surface area (Å²) < 4.78 is 31.3. The SMILES string of the molecule is COc1ccc(-c2nn(Cc3ccc(F)cc3)cc2/C=C(/C#N)C(=O)NC[C@@H]2CCCO2)cc1OC. The molecule has 36 heavy (non-hydrogen) atoms. The molecule has 186 valence electrons. The third-order valence-corrected chi connectivity index (χ3v) is 5.88. The van der Waals surface area contributed by atoms with Gasteiger partial charge in [-0.2, -0.15) is 10.4 Å². The molecule has 0 bridgehead atoms. The second-order valence-corrected chi connectivity index (χ2v) is 8.34. The summed E-state index contributed by atoms with van der Waals surface area (Å²) in [5.41, 5.74) is 2.65. The van der Waals surface area contributed by atoms with E-state index >= 15 is 0 Å². The summed E-state index contributed by atoms with van der Waals surface area (Å²) in [7, 11) is 3.10. The Labute approximate surface area is 208 Å². The van der Waals surface area contributed by atoms with Gasteiger partial charge in [-0.15, -0.1) is 0 Å². The Balaban J connectivity index is 1.68. The number of methoxy groups -OCH3 is 2. The number of carbonyl (C=O) groups excluding carboxylic acids is 1. The number of hydrogen-bond acceptors (Lipinski definition) is 6. The molecule has 0 aliphatic carbocycles. The smallest absolute Gasteiger partial charge is 0.262 e. The summed E-state index contributed by atoms with van der Waals surface area (Å²) in [6, 6.07) is 13.5. The van der Waals surface area contributed by atoms with Gasteiger partial charge in [0.1, 0.15) is 17.5 Å². The molecule has 1 fully saturated rings. The number of benzene rings is 2. The summed E-state index contributed by atoms with van der Waals surface area (Å²) in [6.45, 7) is 1.41. The third kappa shape index (κ3) is 5.90. The molecule has 1 amide bonds. The number of halogens is 1. The second-order valence-electron chi connectivity index (χ2n) is 8.34. The summed E-state index contributed by atoms with van der Waals surface area (Å²) >= 11 is 0. The molecule has 8 nitrogen and oxygen atoms in total. The van der Waals surface area contributed by atoms with Gasteiger partial charge in [0, 0.05) is 30.5 Å². The minimum atomic E-state index is -0.474. The van der Waals surface area contributed by atoms with Crippen molar-refractivity contribution >= 4 is 12.0 Å². The maximum absolute atomic E-state index is 13.3. The monoisotopic (exact) mass is 490 g/mol. The highest BCUT2D eigenvalue weighted by Crippen LogP contribution is 2.33. The molecule has 1 aliphatic heterocycles. The fraction of sp³-hybridized carbons (Fsp3) is 0.296. The fourth-order valence-corrected chi connectivity index (χ4v) is 4.02. The van der Waals surface area contributed by atoms with E-state index in [9.17, 15) is 14.4 Å². The van der Waals surface area contributed by atoms with E-state index in [0.29, 0.717) is 48.0 Å². The topological polar surface area (TPSA) is 98.4 Å². The van der Waals surface area contributed by atoms with Crippen LogP contribution in [0, 0.1) is 17.1 Å². The van der Waals surface area contributed by atoms with Crippen molar-refractivity contribution in [3.05, 3.63) is 71.2 Å². The number of amides is 1. The van der Waals surface area contributed by atoms with Crippen LogP contribution in [0.5, 0.6) is 11.5 Å². The number of ether oxygens (including phenoxy) is 3. The predicted molar refractivity (Wildman–Crippen MR) is 132 cm³/mol.